The summed E-state index contributed by atoms with van der Waals surface area (Å²) in [6.07, 6.45) is 0.154. The number of amides is 2. The van der Waals surface area contributed by atoms with Gasteiger partial charge in [-0.05, 0) is 31.5 Å². The summed E-state index contributed by atoms with van der Waals surface area (Å²) in [7, 11) is 0. The number of benzene rings is 1. The van der Waals surface area contributed by atoms with Crippen molar-refractivity contribution >= 4 is 12.0 Å². The van der Waals surface area contributed by atoms with Crippen LogP contribution in [0, 0.1) is 0 Å². The molecule has 0 unspecified atom stereocenters. The van der Waals surface area contributed by atoms with Crippen molar-refractivity contribution in [2.45, 2.75) is 32.4 Å². The lowest BCUT2D eigenvalue weighted by Gasteiger charge is -2.16. The fourth-order valence-corrected chi connectivity index (χ4v) is 1.53. The number of phenols is 1. The van der Waals surface area contributed by atoms with Crippen LogP contribution in [0.1, 0.15) is 19.4 Å². The Bertz CT molecular complexity index is 442. The molecule has 6 nitrogen and oxygen atoms in total. The van der Waals surface area contributed by atoms with Crippen molar-refractivity contribution in [1.82, 2.24) is 10.6 Å². The van der Waals surface area contributed by atoms with Crippen molar-refractivity contribution in [3.8, 4) is 5.75 Å². The maximum absolute atomic E-state index is 11.5. The Kier molecular flexibility index (Phi) is 5.17. The number of rotatable bonds is 5. The molecule has 0 heterocycles. The minimum absolute atomic E-state index is 0.0666. The number of carboxylic acid groups (broad SMARTS) is 1. The van der Waals surface area contributed by atoms with Crippen LogP contribution >= 0.6 is 0 Å². The highest BCUT2D eigenvalue weighted by Crippen LogP contribution is 2.11. The van der Waals surface area contributed by atoms with Crippen LogP contribution in [0.15, 0.2) is 24.3 Å². The van der Waals surface area contributed by atoms with Gasteiger partial charge >= 0.3 is 12.0 Å². The van der Waals surface area contributed by atoms with Gasteiger partial charge in [0, 0.05) is 12.5 Å². The maximum Gasteiger partial charge on any atom is 0.326 e. The van der Waals surface area contributed by atoms with E-state index in [2.05, 4.69) is 10.6 Å². The second-order valence-electron chi connectivity index (χ2n) is 4.53. The number of carbonyl (C=O) groups excluding carboxylic acids is 1. The lowest BCUT2D eigenvalue weighted by atomic mass is 10.1. The summed E-state index contributed by atoms with van der Waals surface area (Å²) in [6, 6.07) is 4.60. The zero-order valence-electron chi connectivity index (χ0n) is 10.9. The second kappa shape index (κ2) is 6.63. The monoisotopic (exact) mass is 266 g/mol. The molecular formula is C13H18N2O4. The molecule has 0 fully saturated rings. The van der Waals surface area contributed by atoms with E-state index in [1.165, 1.54) is 12.1 Å². The standard InChI is InChI=1S/C13H18N2O4/c1-8(2)14-13(19)15-11(12(17)18)7-9-3-5-10(16)6-4-9/h3-6,8,11,16H,7H2,1-2H3,(H,17,18)(H2,14,15,19)/t11-/m0/s1. The van der Waals surface area contributed by atoms with E-state index in [-0.39, 0.29) is 18.2 Å². The molecule has 4 N–H and O–H groups in total. The van der Waals surface area contributed by atoms with Crippen LogP contribution in [-0.2, 0) is 11.2 Å². The molecule has 0 bridgehead atoms. The zero-order chi connectivity index (χ0) is 14.4. The number of carbonyl (C=O) groups is 2. The number of urea groups is 1. The van der Waals surface area contributed by atoms with E-state index in [4.69, 9.17) is 10.2 Å². The molecule has 1 aromatic rings. The lowest BCUT2D eigenvalue weighted by Crippen LogP contribution is -2.48. The minimum atomic E-state index is -1.10. The summed E-state index contributed by atoms with van der Waals surface area (Å²) in [6.45, 7) is 3.57. The Balaban J connectivity index is 2.65. The summed E-state index contributed by atoms with van der Waals surface area (Å²) < 4.78 is 0. The fraction of sp³-hybridized carbons (Fsp3) is 0.385. The SMILES string of the molecule is CC(C)NC(=O)N[C@@H](Cc1ccc(O)cc1)C(=O)O. The number of carboxylic acids is 1. The van der Waals surface area contributed by atoms with Gasteiger partial charge in [0.05, 0.1) is 0 Å². The molecule has 1 aromatic carbocycles. The van der Waals surface area contributed by atoms with Crippen LogP contribution < -0.4 is 10.6 Å². The average Bonchev–Trinajstić information content (AvgIpc) is 2.29. The van der Waals surface area contributed by atoms with Gasteiger partial charge < -0.3 is 20.8 Å². The van der Waals surface area contributed by atoms with Crippen LogP contribution in [0.5, 0.6) is 5.75 Å². The fourth-order valence-electron chi connectivity index (χ4n) is 1.53. The van der Waals surface area contributed by atoms with E-state index < -0.39 is 18.0 Å². The Morgan fingerprint density at radius 3 is 2.21 bits per heavy atom. The molecule has 0 aliphatic rings. The summed E-state index contributed by atoms with van der Waals surface area (Å²) in [5.41, 5.74) is 0.718. The third kappa shape index (κ3) is 5.29. The van der Waals surface area contributed by atoms with Crippen molar-refractivity contribution in [1.29, 1.82) is 0 Å². The van der Waals surface area contributed by atoms with Gasteiger partial charge in [0.15, 0.2) is 0 Å². The zero-order valence-corrected chi connectivity index (χ0v) is 10.9. The van der Waals surface area contributed by atoms with Gasteiger partial charge in [0.1, 0.15) is 11.8 Å². The van der Waals surface area contributed by atoms with Crippen LogP contribution in [-0.4, -0.2) is 34.3 Å². The van der Waals surface area contributed by atoms with Gasteiger partial charge in [-0.15, -0.1) is 0 Å². The van der Waals surface area contributed by atoms with Crippen molar-refractivity contribution in [2.75, 3.05) is 0 Å². The molecule has 0 spiro atoms. The van der Waals surface area contributed by atoms with Gasteiger partial charge in [-0.25, -0.2) is 9.59 Å². The summed E-state index contributed by atoms with van der Waals surface area (Å²) in [4.78, 5) is 22.6. The molecular weight excluding hydrogens is 248 g/mol. The number of nitrogens with one attached hydrogen (secondary N) is 2. The van der Waals surface area contributed by atoms with Crippen molar-refractivity contribution in [3.63, 3.8) is 0 Å². The maximum atomic E-state index is 11.5. The van der Waals surface area contributed by atoms with Crippen molar-refractivity contribution in [2.24, 2.45) is 0 Å². The van der Waals surface area contributed by atoms with Gasteiger partial charge in [0.25, 0.3) is 0 Å². The molecule has 0 aliphatic heterocycles. The number of aromatic hydroxyl groups is 1. The van der Waals surface area contributed by atoms with E-state index in [0.717, 1.165) is 5.56 Å². The highest BCUT2D eigenvalue weighted by atomic mass is 16.4. The summed E-state index contributed by atoms with van der Waals surface area (Å²) in [5, 5.41) is 23.2. The number of hydrogen-bond donors (Lipinski definition) is 4. The van der Waals surface area contributed by atoms with E-state index >= 15 is 0 Å². The molecule has 0 saturated carbocycles. The Morgan fingerprint density at radius 1 is 1.16 bits per heavy atom. The summed E-state index contributed by atoms with van der Waals surface area (Å²) in [5.74, 6) is -0.992. The molecule has 0 aromatic heterocycles. The molecule has 6 heteroatoms. The van der Waals surface area contributed by atoms with E-state index in [1.54, 1.807) is 26.0 Å². The first kappa shape index (κ1) is 14.8. The molecule has 1 rings (SSSR count). The Hall–Kier alpha value is -2.24. The van der Waals surface area contributed by atoms with E-state index in [1.807, 2.05) is 0 Å². The Labute approximate surface area is 111 Å². The van der Waals surface area contributed by atoms with Crippen LogP contribution in [0.3, 0.4) is 0 Å². The molecule has 0 aliphatic carbocycles. The first-order valence-electron chi connectivity index (χ1n) is 5.96. The lowest BCUT2D eigenvalue weighted by molar-refractivity contribution is -0.139. The average molecular weight is 266 g/mol. The highest BCUT2D eigenvalue weighted by molar-refractivity contribution is 5.82. The van der Waals surface area contributed by atoms with E-state index in [0.29, 0.717) is 0 Å². The van der Waals surface area contributed by atoms with E-state index in [9.17, 15) is 9.59 Å². The molecule has 0 saturated heterocycles. The first-order chi connectivity index (χ1) is 8.88. The molecule has 19 heavy (non-hydrogen) atoms. The normalized spacial score (nSPS) is 11.9. The molecule has 1 atom stereocenters. The van der Waals surface area contributed by atoms with Gasteiger partial charge in [-0.3, -0.25) is 0 Å². The van der Waals surface area contributed by atoms with Crippen LogP contribution in [0.4, 0.5) is 4.79 Å². The summed E-state index contributed by atoms with van der Waals surface area (Å²) >= 11 is 0. The van der Waals surface area contributed by atoms with Gasteiger partial charge in [-0.1, -0.05) is 12.1 Å². The van der Waals surface area contributed by atoms with Crippen molar-refractivity contribution < 1.29 is 19.8 Å². The molecule has 104 valence electrons. The molecule has 2 amide bonds. The predicted octanol–water partition coefficient (Wildman–Crippen LogP) is 1.10. The topological polar surface area (TPSA) is 98.7 Å². The smallest absolute Gasteiger partial charge is 0.326 e. The Morgan fingerprint density at radius 2 is 1.74 bits per heavy atom. The third-order valence-electron chi connectivity index (χ3n) is 2.40. The van der Waals surface area contributed by atoms with Crippen molar-refractivity contribution in [3.05, 3.63) is 29.8 Å². The van der Waals surface area contributed by atoms with Gasteiger partial charge in [0.2, 0.25) is 0 Å². The number of phenolic OH excluding ortho intramolecular Hbond substituents is 1. The quantitative estimate of drug-likeness (QED) is 0.641. The number of aliphatic carboxylic acids is 1. The molecule has 0 radical (unpaired) electrons. The first-order valence-corrected chi connectivity index (χ1v) is 5.96. The largest absolute Gasteiger partial charge is 0.508 e. The predicted molar refractivity (Wildman–Crippen MR) is 70.0 cm³/mol. The number of hydrogen-bond acceptors (Lipinski definition) is 3. The minimum Gasteiger partial charge on any atom is -0.508 e. The van der Waals surface area contributed by atoms with Crippen LogP contribution in [0.25, 0.3) is 0 Å². The second-order valence-corrected chi connectivity index (χ2v) is 4.53. The van der Waals surface area contributed by atoms with Crippen LogP contribution in [0.2, 0.25) is 0 Å². The van der Waals surface area contributed by atoms with Gasteiger partial charge in [-0.2, -0.15) is 0 Å². The third-order valence-corrected chi connectivity index (χ3v) is 2.40. The highest BCUT2D eigenvalue weighted by Gasteiger charge is 2.20.